The van der Waals surface area contributed by atoms with Crippen LogP contribution in [0.25, 0.3) is 0 Å². The van der Waals surface area contributed by atoms with Gasteiger partial charge in [0, 0.05) is 18.0 Å². The third kappa shape index (κ3) is 2.41. The average Bonchev–Trinajstić information content (AvgIpc) is 2.30. The smallest absolute Gasteiger partial charge is 0.226 e. The SMILES string of the molecule is C[C@@H]1CCC[C@H](C)N1C(=O)C1CCCCC1. The third-order valence-electron chi connectivity index (χ3n) is 4.40. The van der Waals surface area contributed by atoms with Crippen molar-refractivity contribution in [3.05, 3.63) is 0 Å². The summed E-state index contributed by atoms with van der Waals surface area (Å²) >= 11 is 0. The van der Waals surface area contributed by atoms with Crippen LogP contribution < -0.4 is 0 Å². The molecule has 0 aromatic heterocycles. The molecule has 2 nitrogen and oxygen atoms in total. The Hall–Kier alpha value is -0.530. The Balaban J connectivity index is 2.00. The first-order chi connectivity index (χ1) is 7.70. The van der Waals surface area contributed by atoms with Crippen LogP contribution in [0.1, 0.15) is 65.2 Å². The lowest BCUT2D eigenvalue weighted by atomic mass is 9.86. The van der Waals surface area contributed by atoms with Gasteiger partial charge < -0.3 is 4.90 Å². The van der Waals surface area contributed by atoms with Crippen LogP contribution in [0, 0.1) is 5.92 Å². The highest BCUT2D eigenvalue weighted by atomic mass is 16.2. The summed E-state index contributed by atoms with van der Waals surface area (Å²) in [5, 5.41) is 0. The summed E-state index contributed by atoms with van der Waals surface area (Å²) in [6, 6.07) is 0.941. The van der Waals surface area contributed by atoms with Gasteiger partial charge in [-0.2, -0.15) is 0 Å². The number of nitrogens with zero attached hydrogens (tertiary/aromatic N) is 1. The van der Waals surface area contributed by atoms with E-state index in [-0.39, 0.29) is 0 Å². The van der Waals surface area contributed by atoms with Crippen LogP contribution in [0.5, 0.6) is 0 Å². The van der Waals surface area contributed by atoms with Crippen molar-refractivity contribution in [2.75, 3.05) is 0 Å². The molecule has 1 amide bonds. The number of carbonyl (C=O) groups excluding carboxylic acids is 1. The van der Waals surface area contributed by atoms with Gasteiger partial charge in [0.1, 0.15) is 0 Å². The molecule has 2 fully saturated rings. The normalized spacial score (nSPS) is 32.8. The molecule has 0 radical (unpaired) electrons. The second-order valence-corrected chi connectivity index (χ2v) is 5.71. The zero-order valence-electron chi connectivity index (χ0n) is 10.7. The lowest BCUT2D eigenvalue weighted by molar-refractivity contribution is -0.142. The molecule has 0 aromatic carbocycles. The number of carbonyl (C=O) groups is 1. The van der Waals surface area contributed by atoms with E-state index in [0.29, 0.717) is 23.9 Å². The molecule has 0 spiro atoms. The largest absolute Gasteiger partial charge is 0.337 e. The molecule has 2 rings (SSSR count). The van der Waals surface area contributed by atoms with Crippen molar-refractivity contribution in [3.63, 3.8) is 0 Å². The first-order valence-corrected chi connectivity index (χ1v) is 7.02. The minimum Gasteiger partial charge on any atom is -0.337 e. The van der Waals surface area contributed by atoms with Crippen LogP contribution in [0.3, 0.4) is 0 Å². The highest BCUT2D eigenvalue weighted by molar-refractivity contribution is 5.79. The van der Waals surface area contributed by atoms with Gasteiger partial charge in [0.25, 0.3) is 0 Å². The predicted octanol–water partition coefficient (Wildman–Crippen LogP) is 3.36. The van der Waals surface area contributed by atoms with Gasteiger partial charge in [-0.15, -0.1) is 0 Å². The molecule has 0 N–H and O–H groups in total. The molecule has 1 saturated carbocycles. The Bertz CT molecular complexity index is 235. The first-order valence-electron chi connectivity index (χ1n) is 7.02. The summed E-state index contributed by atoms with van der Waals surface area (Å²) in [5.74, 6) is 0.802. The Kier molecular flexibility index (Phi) is 3.88. The molecule has 1 heterocycles. The number of hydrogen-bond acceptors (Lipinski definition) is 1. The van der Waals surface area contributed by atoms with Gasteiger partial charge in [-0.25, -0.2) is 0 Å². The Morgan fingerprint density at radius 1 is 0.875 bits per heavy atom. The van der Waals surface area contributed by atoms with E-state index >= 15 is 0 Å². The summed E-state index contributed by atoms with van der Waals surface area (Å²) in [7, 11) is 0. The molecule has 92 valence electrons. The van der Waals surface area contributed by atoms with E-state index in [1.807, 2.05) is 0 Å². The second kappa shape index (κ2) is 5.20. The standard InChI is InChI=1S/C14H25NO/c1-11-7-6-8-12(2)15(11)14(16)13-9-4-3-5-10-13/h11-13H,3-10H2,1-2H3/t11-,12+. The second-order valence-electron chi connectivity index (χ2n) is 5.71. The van der Waals surface area contributed by atoms with Gasteiger partial charge in [0.15, 0.2) is 0 Å². The van der Waals surface area contributed by atoms with Crippen molar-refractivity contribution in [1.29, 1.82) is 0 Å². The fourth-order valence-electron chi connectivity index (χ4n) is 3.42. The molecule has 1 saturated heterocycles. The van der Waals surface area contributed by atoms with E-state index in [1.165, 1.54) is 38.5 Å². The summed E-state index contributed by atoms with van der Waals surface area (Å²) in [5.41, 5.74) is 0. The fraction of sp³-hybridized carbons (Fsp3) is 0.929. The Morgan fingerprint density at radius 3 is 2.00 bits per heavy atom. The summed E-state index contributed by atoms with van der Waals surface area (Å²) < 4.78 is 0. The predicted molar refractivity (Wildman–Crippen MR) is 66.2 cm³/mol. The summed E-state index contributed by atoms with van der Waals surface area (Å²) in [4.78, 5) is 14.7. The molecule has 2 aliphatic rings. The zero-order valence-corrected chi connectivity index (χ0v) is 10.7. The van der Waals surface area contributed by atoms with Gasteiger partial charge >= 0.3 is 0 Å². The number of piperidine rings is 1. The number of likely N-dealkylation sites (tertiary alicyclic amines) is 1. The molecule has 0 bridgehead atoms. The van der Waals surface area contributed by atoms with Crippen molar-refractivity contribution in [2.45, 2.75) is 77.3 Å². The molecule has 1 aliphatic heterocycles. The molecule has 2 heteroatoms. The lowest BCUT2D eigenvalue weighted by Crippen LogP contribution is -2.50. The van der Waals surface area contributed by atoms with Crippen LogP contribution >= 0.6 is 0 Å². The fourth-order valence-corrected chi connectivity index (χ4v) is 3.42. The van der Waals surface area contributed by atoms with Crippen LogP contribution in [0.15, 0.2) is 0 Å². The van der Waals surface area contributed by atoms with E-state index in [9.17, 15) is 4.79 Å². The van der Waals surface area contributed by atoms with E-state index in [4.69, 9.17) is 0 Å². The van der Waals surface area contributed by atoms with Crippen LogP contribution in [0.4, 0.5) is 0 Å². The minimum atomic E-state index is 0.344. The van der Waals surface area contributed by atoms with Gasteiger partial charge in [0.05, 0.1) is 0 Å². The van der Waals surface area contributed by atoms with Crippen LogP contribution in [-0.4, -0.2) is 22.9 Å². The lowest BCUT2D eigenvalue weighted by Gasteiger charge is -2.41. The van der Waals surface area contributed by atoms with Crippen molar-refractivity contribution in [2.24, 2.45) is 5.92 Å². The maximum Gasteiger partial charge on any atom is 0.226 e. The molecule has 2 atom stereocenters. The third-order valence-corrected chi connectivity index (χ3v) is 4.40. The van der Waals surface area contributed by atoms with Gasteiger partial charge in [-0.3, -0.25) is 4.79 Å². The Morgan fingerprint density at radius 2 is 1.44 bits per heavy atom. The molecular formula is C14H25NO. The topological polar surface area (TPSA) is 20.3 Å². The number of rotatable bonds is 1. The van der Waals surface area contributed by atoms with E-state index < -0.39 is 0 Å². The minimum absolute atomic E-state index is 0.344. The molecular weight excluding hydrogens is 198 g/mol. The quantitative estimate of drug-likeness (QED) is 0.667. The molecule has 16 heavy (non-hydrogen) atoms. The van der Waals surface area contributed by atoms with Crippen molar-refractivity contribution >= 4 is 5.91 Å². The maximum atomic E-state index is 12.5. The maximum absolute atomic E-state index is 12.5. The van der Waals surface area contributed by atoms with Crippen LogP contribution in [-0.2, 0) is 4.79 Å². The number of amides is 1. The Labute approximate surface area is 99.4 Å². The van der Waals surface area contributed by atoms with Crippen molar-refractivity contribution in [3.8, 4) is 0 Å². The van der Waals surface area contributed by atoms with Crippen LogP contribution in [0.2, 0.25) is 0 Å². The first kappa shape index (κ1) is 11.9. The van der Waals surface area contributed by atoms with E-state index in [0.717, 1.165) is 12.8 Å². The highest BCUT2D eigenvalue weighted by Gasteiger charge is 2.33. The summed E-state index contributed by atoms with van der Waals surface area (Å²) in [6.45, 7) is 4.44. The average molecular weight is 223 g/mol. The van der Waals surface area contributed by atoms with E-state index in [2.05, 4.69) is 18.7 Å². The molecule has 0 unspecified atom stereocenters. The molecule has 0 aromatic rings. The zero-order chi connectivity index (χ0) is 11.5. The highest BCUT2D eigenvalue weighted by Crippen LogP contribution is 2.30. The summed E-state index contributed by atoms with van der Waals surface area (Å²) in [6.07, 6.45) is 9.79. The van der Waals surface area contributed by atoms with Gasteiger partial charge in [0.2, 0.25) is 5.91 Å². The van der Waals surface area contributed by atoms with Crippen molar-refractivity contribution < 1.29 is 4.79 Å². The monoisotopic (exact) mass is 223 g/mol. The number of hydrogen-bond donors (Lipinski definition) is 0. The van der Waals surface area contributed by atoms with Crippen molar-refractivity contribution in [1.82, 2.24) is 4.90 Å². The van der Waals surface area contributed by atoms with Gasteiger partial charge in [-0.05, 0) is 46.0 Å². The van der Waals surface area contributed by atoms with E-state index in [1.54, 1.807) is 0 Å². The van der Waals surface area contributed by atoms with Gasteiger partial charge in [-0.1, -0.05) is 19.3 Å². The molecule has 1 aliphatic carbocycles.